The van der Waals surface area contributed by atoms with E-state index in [4.69, 9.17) is 5.11 Å². The maximum atomic E-state index is 11.0. The number of carboxylic acids is 1. The number of hydrogen-bond donors (Lipinski definition) is 1. The van der Waals surface area contributed by atoms with Crippen LogP contribution < -0.4 is 0 Å². The van der Waals surface area contributed by atoms with Gasteiger partial charge < -0.3 is 5.11 Å². The van der Waals surface area contributed by atoms with E-state index in [2.05, 4.69) is 29.2 Å². The number of likely N-dealkylation sites (N-methyl/N-ethyl adjacent to an activating group) is 1. The zero-order valence-electron chi connectivity index (χ0n) is 10.9. The predicted molar refractivity (Wildman–Crippen MR) is 71.6 cm³/mol. The maximum absolute atomic E-state index is 11.0. The van der Waals surface area contributed by atoms with E-state index in [1.165, 1.54) is 24.0 Å². The number of carbonyl (C=O) groups is 1. The molecule has 0 heterocycles. The molecular weight excluding hydrogens is 226 g/mol. The van der Waals surface area contributed by atoms with Crippen LogP contribution in [0.15, 0.2) is 24.3 Å². The lowest BCUT2D eigenvalue weighted by Crippen LogP contribution is -2.33. The van der Waals surface area contributed by atoms with E-state index >= 15 is 0 Å². The number of hydrogen-bond acceptors (Lipinski definition) is 2. The van der Waals surface area contributed by atoms with Crippen LogP contribution in [-0.2, 0) is 11.2 Å². The fraction of sp³-hybridized carbons (Fsp3) is 0.533. The van der Waals surface area contributed by atoms with Crippen molar-refractivity contribution in [2.24, 2.45) is 0 Å². The van der Waals surface area contributed by atoms with Crippen LogP contribution in [0.1, 0.15) is 43.4 Å². The molecule has 18 heavy (non-hydrogen) atoms. The fourth-order valence-electron chi connectivity index (χ4n) is 2.89. The Morgan fingerprint density at radius 3 is 2.89 bits per heavy atom. The van der Waals surface area contributed by atoms with Gasteiger partial charge in [0.1, 0.15) is 0 Å². The summed E-state index contributed by atoms with van der Waals surface area (Å²) in [4.78, 5) is 13.0. The van der Waals surface area contributed by atoms with Gasteiger partial charge in [-0.1, -0.05) is 37.6 Å². The van der Waals surface area contributed by atoms with Crippen LogP contribution in [0.3, 0.4) is 0 Å². The minimum atomic E-state index is -0.737. The average Bonchev–Trinajstić information content (AvgIpc) is 2.58. The van der Waals surface area contributed by atoms with Gasteiger partial charge in [0.2, 0.25) is 0 Å². The first-order chi connectivity index (χ1) is 8.72. The minimum absolute atomic E-state index is 0.134. The molecule has 0 aliphatic heterocycles. The first-order valence-electron chi connectivity index (χ1n) is 6.76. The third kappa shape index (κ3) is 2.91. The van der Waals surface area contributed by atoms with Crippen LogP contribution >= 0.6 is 0 Å². The van der Waals surface area contributed by atoms with Crippen molar-refractivity contribution in [3.8, 4) is 0 Å². The molecule has 0 bridgehead atoms. The Kier molecular flexibility index (Phi) is 4.37. The van der Waals surface area contributed by atoms with Gasteiger partial charge in [-0.2, -0.15) is 0 Å². The van der Waals surface area contributed by atoms with Crippen molar-refractivity contribution in [1.82, 2.24) is 4.90 Å². The summed E-state index contributed by atoms with van der Waals surface area (Å²) in [7, 11) is 0. The third-order valence-electron chi connectivity index (χ3n) is 3.77. The van der Waals surface area contributed by atoms with Crippen molar-refractivity contribution >= 4 is 5.97 Å². The Labute approximate surface area is 108 Å². The number of fused-ring (bicyclic) bond motifs is 1. The quantitative estimate of drug-likeness (QED) is 0.832. The average molecular weight is 247 g/mol. The van der Waals surface area contributed by atoms with Crippen LogP contribution in [0.25, 0.3) is 0 Å². The van der Waals surface area contributed by atoms with Gasteiger partial charge in [-0.3, -0.25) is 9.69 Å². The highest BCUT2D eigenvalue weighted by Gasteiger charge is 2.24. The van der Waals surface area contributed by atoms with E-state index < -0.39 is 5.97 Å². The molecule has 0 radical (unpaired) electrons. The lowest BCUT2D eigenvalue weighted by molar-refractivity contribution is -0.139. The molecule has 1 N–H and O–H groups in total. The summed E-state index contributed by atoms with van der Waals surface area (Å²) in [5.74, 6) is -0.737. The molecule has 3 nitrogen and oxygen atoms in total. The monoisotopic (exact) mass is 247 g/mol. The van der Waals surface area contributed by atoms with Crippen LogP contribution in [-0.4, -0.2) is 29.1 Å². The van der Waals surface area contributed by atoms with E-state index in [-0.39, 0.29) is 12.6 Å². The summed E-state index contributed by atoms with van der Waals surface area (Å²) >= 11 is 0. The SMILES string of the molecule is CCN(CC(=O)O)C1CCCCc2ccccc21. The summed E-state index contributed by atoms with van der Waals surface area (Å²) in [6.07, 6.45) is 4.57. The van der Waals surface area contributed by atoms with Crippen LogP contribution in [0, 0.1) is 0 Å². The molecule has 0 fully saturated rings. The molecule has 1 unspecified atom stereocenters. The molecule has 0 aromatic heterocycles. The molecule has 0 spiro atoms. The molecule has 1 aliphatic carbocycles. The number of aryl methyl sites for hydroxylation is 1. The van der Waals surface area contributed by atoms with Gasteiger partial charge in [0.05, 0.1) is 6.54 Å². The molecule has 1 aliphatic rings. The Bertz CT molecular complexity index is 417. The van der Waals surface area contributed by atoms with Gasteiger partial charge in [-0.25, -0.2) is 0 Å². The largest absolute Gasteiger partial charge is 0.480 e. The molecule has 0 amide bonds. The molecule has 2 rings (SSSR count). The van der Waals surface area contributed by atoms with E-state index in [0.29, 0.717) is 0 Å². The second-order valence-electron chi connectivity index (χ2n) is 4.92. The lowest BCUT2D eigenvalue weighted by Gasteiger charge is -2.30. The van der Waals surface area contributed by atoms with Gasteiger partial charge in [0, 0.05) is 6.04 Å². The van der Waals surface area contributed by atoms with E-state index in [9.17, 15) is 4.79 Å². The smallest absolute Gasteiger partial charge is 0.317 e. The topological polar surface area (TPSA) is 40.5 Å². The Hall–Kier alpha value is -1.35. The van der Waals surface area contributed by atoms with Crippen molar-refractivity contribution in [3.05, 3.63) is 35.4 Å². The summed E-state index contributed by atoms with van der Waals surface area (Å²) < 4.78 is 0. The highest BCUT2D eigenvalue weighted by atomic mass is 16.4. The summed E-state index contributed by atoms with van der Waals surface area (Å²) in [5.41, 5.74) is 2.72. The first kappa shape index (κ1) is 13.1. The van der Waals surface area contributed by atoms with E-state index in [1.807, 2.05) is 6.92 Å². The number of rotatable bonds is 4. The summed E-state index contributed by atoms with van der Waals surface area (Å²) in [5, 5.41) is 9.02. The molecule has 1 atom stereocenters. The first-order valence-corrected chi connectivity index (χ1v) is 6.76. The van der Waals surface area contributed by atoms with Crippen molar-refractivity contribution < 1.29 is 9.90 Å². The van der Waals surface area contributed by atoms with E-state index in [0.717, 1.165) is 19.4 Å². The third-order valence-corrected chi connectivity index (χ3v) is 3.77. The highest BCUT2D eigenvalue weighted by molar-refractivity contribution is 5.69. The van der Waals surface area contributed by atoms with Crippen molar-refractivity contribution in [2.75, 3.05) is 13.1 Å². The van der Waals surface area contributed by atoms with Crippen molar-refractivity contribution in [2.45, 2.75) is 38.6 Å². The second kappa shape index (κ2) is 6.01. The van der Waals surface area contributed by atoms with Gasteiger partial charge in [-0.15, -0.1) is 0 Å². The maximum Gasteiger partial charge on any atom is 0.317 e. The number of aliphatic carboxylic acids is 1. The number of benzene rings is 1. The van der Waals surface area contributed by atoms with Gasteiger partial charge in [0.15, 0.2) is 0 Å². The number of carboxylic acid groups (broad SMARTS) is 1. The normalized spacial score (nSPS) is 19.3. The molecule has 0 saturated heterocycles. The summed E-state index contributed by atoms with van der Waals surface area (Å²) in [6.45, 7) is 2.96. The molecule has 3 heteroatoms. The molecule has 1 aromatic rings. The Morgan fingerprint density at radius 2 is 2.17 bits per heavy atom. The van der Waals surface area contributed by atoms with Gasteiger partial charge >= 0.3 is 5.97 Å². The number of nitrogens with zero attached hydrogens (tertiary/aromatic N) is 1. The van der Waals surface area contributed by atoms with E-state index in [1.54, 1.807) is 0 Å². The van der Waals surface area contributed by atoms with Crippen LogP contribution in [0.5, 0.6) is 0 Å². The molecular formula is C15H21NO2. The standard InChI is InChI=1S/C15H21NO2/c1-2-16(11-15(17)18)14-10-6-4-8-12-7-3-5-9-13(12)14/h3,5,7,9,14H,2,4,6,8,10-11H2,1H3,(H,17,18). The predicted octanol–water partition coefficient (Wildman–Crippen LogP) is 2.86. The van der Waals surface area contributed by atoms with Gasteiger partial charge in [0.25, 0.3) is 0 Å². The minimum Gasteiger partial charge on any atom is -0.480 e. The van der Waals surface area contributed by atoms with Crippen LogP contribution in [0.2, 0.25) is 0 Å². The molecule has 1 aromatic carbocycles. The zero-order chi connectivity index (χ0) is 13.0. The van der Waals surface area contributed by atoms with Crippen molar-refractivity contribution in [3.63, 3.8) is 0 Å². The van der Waals surface area contributed by atoms with Gasteiger partial charge in [-0.05, 0) is 36.9 Å². The highest BCUT2D eigenvalue weighted by Crippen LogP contribution is 2.32. The molecule has 98 valence electrons. The second-order valence-corrected chi connectivity index (χ2v) is 4.92. The fourth-order valence-corrected chi connectivity index (χ4v) is 2.89. The lowest BCUT2D eigenvalue weighted by atomic mass is 9.98. The zero-order valence-corrected chi connectivity index (χ0v) is 10.9. The van der Waals surface area contributed by atoms with Crippen molar-refractivity contribution in [1.29, 1.82) is 0 Å². The van der Waals surface area contributed by atoms with Crippen LogP contribution in [0.4, 0.5) is 0 Å². The Balaban J connectivity index is 2.28. The Morgan fingerprint density at radius 1 is 1.39 bits per heavy atom. The molecule has 0 saturated carbocycles. The summed E-state index contributed by atoms with van der Waals surface area (Å²) in [6, 6.07) is 8.75.